The predicted octanol–water partition coefficient (Wildman–Crippen LogP) is 3.18. The predicted molar refractivity (Wildman–Crippen MR) is 67.6 cm³/mol. The van der Waals surface area contributed by atoms with Crippen LogP contribution in [0.25, 0.3) is 0 Å². The van der Waals surface area contributed by atoms with E-state index in [0.29, 0.717) is 0 Å². The largest absolute Gasteiger partial charge is 0.385 e. The van der Waals surface area contributed by atoms with Gasteiger partial charge in [0.15, 0.2) is 0 Å². The van der Waals surface area contributed by atoms with Gasteiger partial charge in [-0.25, -0.2) is 0 Å². The Kier molecular flexibility index (Phi) is 2.70. The normalized spacial score (nSPS) is 33.6. The van der Waals surface area contributed by atoms with Gasteiger partial charge in [0.05, 0.1) is 5.60 Å². The third-order valence-corrected chi connectivity index (χ3v) is 4.59. The maximum Gasteiger partial charge on any atom is 0.0916 e. The molecular formula is C15H21NO. The van der Waals surface area contributed by atoms with Crippen LogP contribution in [-0.2, 0) is 5.60 Å². The minimum Gasteiger partial charge on any atom is -0.385 e. The van der Waals surface area contributed by atoms with Crippen LogP contribution in [0.1, 0.15) is 49.7 Å². The Morgan fingerprint density at radius 1 is 1.29 bits per heavy atom. The molecule has 0 spiro atoms. The molecule has 3 rings (SSSR count). The quantitative estimate of drug-likeness (QED) is 0.848. The molecule has 1 aromatic heterocycles. The van der Waals surface area contributed by atoms with Crippen LogP contribution in [0.3, 0.4) is 0 Å². The number of hydrogen-bond donors (Lipinski definition) is 1. The fourth-order valence-electron chi connectivity index (χ4n) is 3.46. The fraction of sp³-hybridized carbons (Fsp3) is 0.667. The van der Waals surface area contributed by atoms with Gasteiger partial charge in [0.2, 0.25) is 0 Å². The summed E-state index contributed by atoms with van der Waals surface area (Å²) < 4.78 is 0. The highest BCUT2D eigenvalue weighted by molar-refractivity contribution is 5.28. The number of aliphatic hydroxyl groups is 1. The van der Waals surface area contributed by atoms with E-state index in [1.807, 2.05) is 18.5 Å². The van der Waals surface area contributed by atoms with Gasteiger partial charge in [0.1, 0.15) is 0 Å². The average Bonchev–Trinajstić information content (AvgIpc) is 3.13. The van der Waals surface area contributed by atoms with Crippen molar-refractivity contribution >= 4 is 0 Å². The molecule has 0 amide bonds. The highest BCUT2D eigenvalue weighted by atomic mass is 16.3. The lowest BCUT2D eigenvalue weighted by Crippen LogP contribution is -2.34. The number of pyridine rings is 1. The molecule has 2 aliphatic carbocycles. The van der Waals surface area contributed by atoms with E-state index in [4.69, 9.17) is 0 Å². The molecule has 2 atom stereocenters. The SMILES string of the molecule is Cc1ccncc1C1(O)CCCC(C2CC2)C1. The second kappa shape index (κ2) is 4.09. The first-order valence-corrected chi connectivity index (χ1v) is 6.82. The van der Waals surface area contributed by atoms with Gasteiger partial charge in [-0.05, 0) is 68.9 Å². The van der Waals surface area contributed by atoms with Crippen LogP contribution in [0.2, 0.25) is 0 Å². The monoisotopic (exact) mass is 231 g/mol. The third-order valence-electron chi connectivity index (χ3n) is 4.59. The zero-order chi connectivity index (χ0) is 11.9. The second-order valence-corrected chi connectivity index (χ2v) is 5.92. The molecule has 2 saturated carbocycles. The molecule has 2 nitrogen and oxygen atoms in total. The highest BCUT2D eigenvalue weighted by Gasteiger charge is 2.42. The summed E-state index contributed by atoms with van der Waals surface area (Å²) in [5.74, 6) is 1.65. The van der Waals surface area contributed by atoms with Crippen LogP contribution >= 0.6 is 0 Å². The van der Waals surface area contributed by atoms with E-state index in [1.165, 1.54) is 24.8 Å². The van der Waals surface area contributed by atoms with Crippen LogP contribution in [0.15, 0.2) is 18.5 Å². The Morgan fingerprint density at radius 2 is 2.12 bits per heavy atom. The molecule has 1 N–H and O–H groups in total. The Bertz CT molecular complexity index is 413. The first-order chi connectivity index (χ1) is 8.19. The minimum atomic E-state index is -0.607. The van der Waals surface area contributed by atoms with Crippen LogP contribution in [0, 0.1) is 18.8 Å². The van der Waals surface area contributed by atoms with Gasteiger partial charge in [0, 0.05) is 18.0 Å². The van der Waals surface area contributed by atoms with Crippen LogP contribution < -0.4 is 0 Å². The lowest BCUT2D eigenvalue weighted by Gasteiger charge is -2.38. The molecule has 0 radical (unpaired) electrons. The van der Waals surface area contributed by atoms with E-state index in [2.05, 4.69) is 11.9 Å². The van der Waals surface area contributed by atoms with Gasteiger partial charge in [-0.15, -0.1) is 0 Å². The van der Waals surface area contributed by atoms with E-state index in [1.54, 1.807) is 0 Å². The summed E-state index contributed by atoms with van der Waals surface area (Å²) in [4.78, 5) is 4.19. The van der Waals surface area contributed by atoms with E-state index < -0.39 is 5.60 Å². The van der Waals surface area contributed by atoms with Crippen molar-refractivity contribution in [1.82, 2.24) is 4.98 Å². The van der Waals surface area contributed by atoms with Gasteiger partial charge in [0.25, 0.3) is 0 Å². The molecule has 0 bridgehead atoms. The Morgan fingerprint density at radius 3 is 2.82 bits per heavy atom. The molecule has 92 valence electrons. The highest BCUT2D eigenvalue weighted by Crippen LogP contribution is 2.49. The summed E-state index contributed by atoms with van der Waals surface area (Å²) in [6.45, 7) is 2.08. The Hall–Kier alpha value is -0.890. The van der Waals surface area contributed by atoms with Gasteiger partial charge >= 0.3 is 0 Å². The average molecular weight is 231 g/mol. The van der Waals surface area contributed by atoms with Gasteiger partial charge in [-0.3, -0.25) is 4.98 Å². The smallest absolute Gasteiger partial charge is 0.0916 e. The molecule has 17 heavy (non-hydrogen) atoms. The first kappa shape index (κ1) is 11.2. The van der Waals surface area contributed by atoms with Gasteiger partial charge in [-0.2, -0.15) is 0 Å². The molecule has 1 heterocycles. The van der Waals surface area contributed by atoms with Gasteiger partial charge in [-0.1, -0.05) is 0 Å². The van der Waals surface area contributed by atoms with Crippen LogP contribution in [-0.4, -0.2) is 10.1 Å². The summed E-state index contributed by atoms with van der Waals surface area (Å²) in [6.07, 6.45) is 10.8. The molecule has 2 heteroatoms. The van der Waals surface area contributed by atoms with Crippen molar-refractivity contribution in [2.45, 2.75) is 51.0 Å². The minimum absolute atomic E-state index is 0.607. The van der Waals surface area contributed by atoms with E-state index >= 15 is 0 Å². The lowest BCUT2D eigenvalue weighted by molar-refractivity contribution is -0.0258. The summed E-state index contributed by atoms with van der Waals surface area (Å²) in [5, 5.41) is 10.9. The summed E-state index contributed by atoms with van der Waals surface area (Å²) in [5.41, 5.74) is 1.63. The third kappa shape index (κ3) is 2.11. The lowest BCUT2D eigenvalue weighted by atomic mass is 9.72. The first-order valence-electron chi connectivity index (χ1n) is 6.82. The van der Waals surface area contributed by atoms with E-state index in [9.17, 15) is 5.11 Å². The molecule has 2 unspecified atom stereocenters. The fourth-order valence-corrected chi connectivity index (χ4v) is 3.46. The number of hydrogen-bond acceptors (Lipinski definition) is 2. The van der Waals surface area contributed by atoms with Gasteiger partial charge < -0.3 is 5.11 Å². The molecule has 2 fully saturated rings. The zero-order valence-corrected chi connectivity index (χ0v) is 10.5. The van der Waals surface area contributed by atoms with Crippen LogP contribution in [0.5, 0.6) is 0 Å². The topological polar surface area (TPSA) is 33.1 Å². The summed E-state index contributed by atoms with van der Waals surface area (Å²) >= 11 is 0. The maximum atomic E-state index is 10.9. The Labute approximate surface area is 103 Å². The summed E-state index contributed by atoms with van der Waals surface area (Å²) in [7, 11) is 0. The maximum absolute atomic E-state index is 10.9. The molecule has 0 saturated heterocycles. The van der Waals surface area contributed by atoms with Crippen molar-refractivity contribution in [2.75, 3.05) is 0 Å². The second-order valence-electron chi connectivity index (χ2n) is 5.92. The van der Waals surface area contributed by atoms with Crippen molar-refractivity contribution < 1.29 is 5.11 Å². The Balaban J connectivity index is 1.86. The van der Waals surface area contributed by atoms with Crippen molar-refractivity contribution in [3.8, 4) is 0 Å². The van der Waals surface area contributed by atoms with E-state index in [-0.39, 0.29) is 0 Å². The standard InChI is InChI=1S/C15H21NO/c1-11-6-8-16-10-14(11)15(17)7-2-3-13(9-15)12-4-5-12/h6,8,10,12-13,17H,2-5,7,9H2,1H3. The molecule has 0 aromatic carbocycles. The molecular weight excluding hydrogens is 210 g/mol. The summed E-state index contributed by atoms with van der Waals surface area (Å²) in [6, 6.07) is 2.01. The molecule has 2 aliphatic rings. The molecule has 1 aromatic rings. The zero-order valence-electron chi connectivity index (χ0n) is 10.5. The van der Waals surface area contributed by atoms with Crippen molar-refractivity contribution in [3.05, 3.63) is 29.6 Å². The number of rotatable bonds is 2. The van der Waals surface area contributed by atoms with Crippen molar-refractivity contribution in [3.63, 3.8) is 0 Å². The number of aryl methyl sites for hydroxylation is 1. The van der Waals surface area contributed by atoms with Crippen molar-refractivity contribution in [1.29, 1.82) is 0 Å². The van der Waals surface area contributed by atoms with Crippen LogP contribution in [0.4, 0.5) is 0 Å². The number of nitrogens with zero attached hydrogens (tertiary/aromatic N) is 1. The number of aromatic nitrogens is 1. The van der Waals surface area contributed by atoms with Crippen molar-refractivity contribution in [2.24, 2.45) is 11.8 Å². The molecule has 0 aliphatic heterocycles. The van der Waals surface area contributed by atoms with E-state index in [0.717, 1.165) is 36.7 Å².